The zero-order valence-corrected chi connectivity index (χ0v) is 6.21. The predicted octanol–water partition coefficient (Wildman–Crippen LogP) is 1.43. The van der Waals surface area contributed by atoms with Crippen LogP contribution in [0, 0.1) is 17.8 Å². The Morgan fingerprint density at radius 1 is 1.64 bits per heavy atom. The average Bonchev–Trinajstić information content (AvgIpc) is 2.03. The van der Waals surface area contributed by atoms with Crippen molar-refractivity contribution in [3.05, 3.63) is 12.2 Å². The standard InChI is InChI=1S/C9H10O2/c10-9(11)7-6-8-4-2-1-3-5-8/h2,4,8H,1,3,5H2,(H,10,11). The van der Waals surface area contributed by atoms with Crippen molar-refractivity contribution in [3.63, 3.8) is 0 Å². The Kier molecular flexibility index (Phi) is 2.74. The molecule has 0 radical (unpaired) electrons. The molecule has 0 aliphatic heterocycles. The molecule has 1 rings (SSSR count). The molecule has 58 valence electrons. The van der Waals surface area contributed by atoms with Crippen LogP contribution in [0.4, 0.5) is 0 Å². The average molecular weight is 150 g/mol. The van der Waals surface area contributed by atoms with E-state index >= 15 is 0 Å². The minimum absolute atomic E-state index is 0.167. The van der Waals surface area contributed by atoms with E-state index in [1.807, 2.05) is 6.08 Å². The Bertz CT molecular complexity index is 230. The summed E-state index contributed by atoms with van der Waals surface area (Å²) >= 11 is 0. The van der Waals surface area contributed by atoms with Gasteiger partial charge in [-0.05, 0) is 19.3 Å². The second-order valence-electron chi connectivity index (χ2n) is 2.54. The lowest BCUT2D eigenvalue weighted by Gasteiger charge is -2.08. The fourth-order valence-electron chi connectivity index (χ4n) is 1.09. The van der Waals surface area contributed by atoms with E-state index in [1.165, 1.54) is 0 Å². The van der Waals surface area contributed by atoms with Crippen molar-refractivity contribution in [2.75, 3.05) is 0 Å². The molecule has 0 aromatic heterocycles. The molecule has 0 heterocycles. The van der Waals surface area contributed by atoms with Crippen LogP contribution >= 0.6 is 0 Å². The number of aliphatic carboxylic acids is 1. The molecule has 0 saturated heterocycles. The van der Waals surface area contributed by atoms with Gasteiger partial charge in [0.1, 0.15) is 0 Å². The van der Waals surface area contributed by atoms with E-state index < -0.39 is 5.97 Å². The van der Waals surface area contributed by atoms with Crippen LogP contribution in [-0.2, 0) is 4.79 Å². The van der Waals surface area contributed by atoms with Crippen LogP contribution in [0.1, 0.15) is 19.3 Å². The summed E-state index contributed by atoms with van der Waals surface area (Å²) in [7, 11) is 0. The van der Waals surface area contributed by atoms with Gasteiger partial charge >= 0.3 is 5.97 Å². The molecule has 0 aromatic rings. The van der Waals surface area contributed by atoms with Crippen LogP contribution in [0.15, 0.2) is 12.2 Å². The van der Waals surface area contributed by atoms with Crippen LogP contribution < -0.4 is 0 Å². The number of allylic oxidation sites excluding steroid dienone is 2. The highest BCUT2D eigenvalue weighted by Crippen LogP contribution is 2.15. The summed E-state index contributed by atoms with van der Waals surface area (Å²) in [4.78, 5) is 10.0. The van der Waals surface area contributed by atoms with Crippen molar-refractivity contribution in [2.45, 2.75) is 19.3 Å². The second kappa shape index (κ2) is 3.82. The van der Waals surface area contributed by atoms with E-state index in [0.29, 0.717) is 0 Å². The fourth-order valence-corrected chi connectivity index (χ4v) is 1.09. The third-order valence-electron chi connectivity index (χ3n) is 1.62. The molecule has 0 spiro atoms. The van der Waals surface area contributed by atoms with E-state index in [9.17, 15) is 4.79 Å². The van der Waals surface area contributed by atoms with Gasteiger partial charge in [-0.1, -0.05) is 18.1 Å². The van der Waals surface area contributed by atoms with Gasteiger partial charge in [0.2, 0.25) is 0 Å². The Labute approximate surface area is 65.9 Å². The number of hydrogen-bond acceptors (Lipinski definition) is 1. The number of hydrogen-bond donors (Lipinski definition) is 1. The summed E-state index contributed by atoms with van der Waals surface area (Å²) in [6, 6.07) is 0. The van der Waals surface area contributed by atoms with Gasteiger partial charge in [-0.3, -0.25) is 0 Å². The summed E-state index contributed by atoms with van der Waals surface area (Å²) in [5, 5.41) is 8.25. The largest absolute Gasteiger partial charge is 0.472 e. The zero-order valence-electron chi connectivity index (χ0n) is 6.21. The number of carbonyl (C=O) groups is 1. The van der Waals surface area contributed by atoms with Crippen molar-refractivity contribution in [1.82, 2.24) is 0 Å². The van der Waals surface area contributed by atoms with Crippen LogP contribution in [-0.4, -0.2) is 11.1 Å². The molecule has 0 saturated carbocycles. The Balaban J connectivity index is 2.50. The summed E-state index contributed by atoms with van der Waals surface area (Å²) in [5.41, 5.74) is 0. The first kappa shape index (κ1) is 7.87. The predicted molar refractivity (Wildman–Crippen MR) is 41.9 cm³/mol. The van der Waals surface area contributed by atoms with Gasteiger partial charge < -0.3 is 5.11 Å². The van der Waals surface area contributed by atoms with Gasteiger partial charge in [0.25, 0.3) is 0 Å². The third-order valence-corrected chi connectivity index (χ3v) is 1.62. The zero-order chi connectivity index (χ0) is 8.10. The second-order valence-corrected chi connectivity index (χ2v) is 2.54. The molecule has 1 N–H and O–H groups in total. The third kappa shape index (κ3) is 2.90. The first-order valence-corrected chi connectivity index (χ1v) is 3.70. The molecule has 1 aliphatic rings. The lowest BCUT2D eigenvalue weighted by molar-refractivity contribution is -0.130. The maximum absolute atomic E-state index is 10.0. The summed E-state index contributed by atoms with van der Waals surface area (Å²) in [6.07, 6.45) is 7.27. The SMILES string of the molecule is O=C(O)C#CC1C=CCCC1. The smallest absolute Gasteiger partial charge is 0.381 e. The van der Waals surface area contributed by atoms with Gasteiger partial charge in [0, 0.05) is 11.8 Å². The molecule has 0 fully saturated rings. The maximum atomic E-state index is 10.0. The molecule has 0 aromatic carbocycles. The maximum Gasteiger partial charge on any atom is 0.381 e. The Hall–Kier alpha value is -1.23. The van der Waals surface area contributed by atoms with E-state index in [1.54, 1.807) is 0 Å². The van der Waals surface area contributed by atoms with Crippen molar-refractivity contribution < 1.29 is 9.90 Å². The minimum atomic E-state index is -1.04. The molecular weight excluding hydrogens is 140 g/mol. The molecule has 1 atom stereocenters. The molecule has 0 bridgehead atoms. The first-order chi connectivity index (χ1) is 5.29. The van der Waals surface area contributed by atoms with Crippen LogP contribution in [0.5, 0.6) is 0 Å². The van der Waals surface area contributed by atoms with Gasteiger partial charge in [-0.2, -0.15) is 0 Å². The molecule has 11 heavy (non-hydrogen) atoms. The fraction of sp³-hybridized carbons (Fsp3) is 0.444. The minimum Gasteiger partial charge on any atom is -0.472 e. The highest BCUT2D eigenvalue weighted by molar-refractivity contribution is 5.86. The van der Waals surface area contributed by atoms with Gasteiger partial charge in [-0.25, -0.2) is 4.79 Å². The van der Waals surface area contributed by atoms with Crippen molar-refractivity contribution in [1.29, 1.82) is 0 Å². The topological polar surface area (TPSA) is 37.3 Å². The van der Waals surface area contributed by atoms with Crippen molar-refractivity contribution in [3.8, 4) is 11.8 Å². The van der Waals surface area contributed by atoms with E-state index in [0.717, 1.165) is 19.3 Å². The van der Waals surface area contributed by atoms with Gasteiger partial charge in [0.15, 0.2) is 0 Å². The molecule has 2 heteroatoms. The molecular formula is C9H10O2. The molecule has 1 unspecified atom stereocenters. The monoisotopic (exact) mass is 150 g/mol. The molecule has 0 amide bonds. The van der Waals surface area contributed by atoms with Gasteiger partial charge in [-0.15, -0.1) is 0 Å². The van der Waals surface area contributed by atoms with E-state index in [4.69, 9.17) is 5.11 Å². The summed E-state index contributed by atoms with van der Waals surface area (Å²) < 4.78 is 0. The van der Waals surface area contributed by atoms with Crippen molar-refractivity contribution in [2.24, 2.45) is 5.92 Å². The Morgan fingerprint density at radius 3 is 3.00 bits per heavy atom. The highest BCUT2D eigenvalue weighted by Gasteiger charge is 2.03. The molecule has 1 aliphatic carbocycles. The number of carboxylic acid groups (broad SMARTS) is 1. The first-order valence-electron chi connectivity index (χ1n) is 3.70. The van der Waals surface area contributed by atoms with Crippen molar-refractivity contribution >= 4 is 5.97 Å². The Morgan fingerprint density at radius 2 is 2.45 bits per heavy atom. The van der Waals surface area contributed by atoms with E-state index in [-0.39, 0.29) is 5.92 Å². The summed E-state index contributed by atoms with van der Waals surface area (Å²) in [6.45, 7) is 0. The number of rotatable bonds is 0. The van der Waals surface area contributed by atoms with E-state index in [2.05, 4.69) is 17.9 Å². The highest BCUT2D eigenvalue weighted by atomic mass is 16.4. The van der Waals surface area contributed by atoms with Crippen LogP contribution in [0.3, 0.4) is 0 Å². The van der Waals surface area contributed by atoms with Gasteiger partial charge in [0.05, 0.1) is 0 Å². The normalized spacial score (nSPS) is 22.0. The quantitative estimate of drug-likeness (QED) is 0.419. The lowest BCUT2D eigenvalue weighted by atomic mass is 9.97. The number of carboxylic acids is 1. The van der Waals surface area contributed by atoms with Crippen LogP contribution in [0.25, 0.3) is 0 Å². The molecule has 2 nitrogen and oxygen atoms in total. The lowest BCUT2D eigenvalue weighted by Crippen LogP contribution is -1.98. The summed E-state index contributed by atoms with van der Waals surface area (Å²) in [5.74, 6) is 3.94. The van der Waals surface area contributed by atoms with Crippen LogP contribution in [0.2, 0.25) is 0 Å².